The fraction of sp³-hybridized carbons (Fsp3) is 0.412. The fourth-order valence-electron chi connectivity index (χ4n) is 2.33. The number of aromatic nitrogens is 2. The molecule has 2 aromatic rings. The smallest absolute Gasteiger partial charge is 0.483 e. The van der Waals surface area contributed by atoms with Crippen molar-refractivity contribution in [2.75, 3.05) is 5.73 Å². The van der Waals surface area contributed by atoms with Gasteiger partial charge in [-0.05, 0) is 45.9 Å². The Morgan fingerprint density at radius 2 is 1.83 bits per heavy atom. The summed E-state index contributed by atoms with van der Waals surface area (Å²) in [6, 6.07) is 7.47. The third-order valence-corrected chi connectivity index (χ3v) is 4.53. The Balaban J connectivity index is 1.77. The summed E-state index contributed by atoms with van der Waals surface area (Å²) < 4.78 is 17.8. The van der Waals surface area contributed by atoms with Gasteiger partial charge in [0.05, 0.1) is 16.9 Å². The zero-order valence-corrected chi connectivity index (χ0v) is 14.4. The van der Waals surface area contributed by atoms with Crippen LogP contribution in [-0.4, -0.2) is 28.3 Å². The molecule has 0 amide bonds. The van der Waals surface area contributed by atoms with Gasteiger partial charge in [-0.1, -0.05) is 6.07 Å². The van der Waals surface area contributed by atoms with Crippen molar-refractivity contribution in [3.8, 4) is 5.75 Å². The van der Waals surface area contributed by atoms with Crippen molar-refractivity contribution in [3.05, 3.63) is 42.4 Å². The second-order valence-corrected chi connectivity index (χ2v) is 6.85. The summed E-state index contributed by atoms with van der Waals surface area (Å²) in [7, 11) is -0.500. The summed E-state index contributed by atoms with van der Waals surface area (Å²) in [6.07, 6.45) is 3.38. The van der Waals surface area contributed by atoms with Gasteiger partial charge >= 0.3 is 7.12 Å². The summed E-state index contributed by atoms with van der Waals surface area (Å²) >= 11 is 0. The van der Waals surface area contributed by atoms with E-state index in [9.17, 15) is 0 Å². The van der Waals surface area contributed by atoms with E-state index in [-0.39, 0.29) is 0 Å². The summed E-state index contributed by atoms with van der Waals surface area (Å²) in [5.74, 6) is 0.819. The molecule has 7 heteroatoms. The number of hydrogen-bond acceptors (Lipinski definition) is 6. The minimum atomic E-state index is -0.500. The van der Waals surface area contributed by atoms with Gasteiger partial charge in [0.2, 0.25) is 0 Å². The molecule has 0 saturated carbocycles. The molecule has 1 aliphatic heterocycles. The molecule has 1 aliphatic rings. The van der Waals surface area contributed by atoms with Gasteiger partial charge in [0, 0.05) is 17.9 Å². The lowest BCUT2D eigenvalue weighted by molar-refractivity contribution is 0.00578. The Hall–Kier alpha value is -2.12. The molecule has 0 aromatic carbocycles. The predicted molar refractivity (Wildman–Crippen MR) is 92.9 cm³/mol. The number of ether oxygens (including phenoxy) is 1. The van der Waals surface area contributed by atoms with E-state index in [1.54, 1.807) is 12.4 Å². The van der Waals surface area contributed by atoms with Crippen molar-refractivity contribution in [3.63, 3.8) is 0 Å². The van der Waals surface area contributed by atoms with Crippen molar-refractivity contribution in [2.45, 2.75) is 45.5 Å². The SMILES string of the molecule is CC1(C)OB(c2cnc(N)c(OCc3ccccn3)c2)OC1(C)C. The van der Waals surface area contributed by atoms with Crippen LogP contribution in [0.25, 0.3) is 0 Å². The lowest BCUT2D eigenvalue weighted by atomic mass is 9.80. The van der Waals surface area contributed by atoms with Crippen LogP contribution in [0.3, 0.4) is 0 Å². The van der Waals surface area contributed by atoms with Crippen LogP contribution in [0.15, 0.2) is 36.7 Å². The van der Waals surface area contributed by atoms with Crippen LogP contribution < -0.4 is 15.9 Å². The van der Waals surface area contributed by atoms with Crippen molar-refractivity contribution in [1.29, 1.82) is 0 Å². The van der Waals surface area contributed by atoms with E-state index in [0.29, 0.717) is 18.2 Å². The van der Waals surface area contributed by atoms with Crippen molar-refractivity contribution in [1.82, 2.24) is 9.97 Å². The lowest BCUT2D eigenvalue weighted by Crippen LogP contribution is -2.41. The number of hydrogen-bond donors (Lipinski definition) is 1. The molecule has 24 heavy (non-hydrogen) atoms. The second-order valence-electron chi connectivity index (χ2n) is 6.85. The van der Waals surface area contributed by atoms with Crippen LogP contribution in [0.4, 0.5) is 5.82 Å². The Morgan fingerprint density at radius 3 is 2.46 bits per heavy atom. The number of nitrogen functional groups attached to an aromatic ring is 1. The number of pyridine rings is 2. The van der Waals surface area contributed by atoms with Gasteiger partial charge < -0.3 is 19.8 Å². The topological polar surface area (TPSA) is 79.5 Å². The van der Waals surface area contributed by atoms with E-state index in [1.807, 2.05) is 52.0 Å². The van der Waals surface area contributed by atoms with Crippen LogP contribution in [0.5, 0.6) is 5.75 Å². The number of nitrogens with zero attached hydrogens (tertiary/aromatic N) is 2. The largest absolute Gasteiger partial charge is 0.496 e. The van der Waals surface area contributed by atoms with Gasteiger partial charge in [0.1, 0.15) is 6.61 Å². The van der Waals surface area contributed by atoms with E-state index in [4.69, 9.17) is 19.8 Å². The second kappa shape index (κ2) is 6.07. The normalized spacial score (nSPS) is 18.6. The standard InChI is InChI=1S/C17H22BN3O3/c1-16(2)17(3,4)24-18(23-16)12-9-14(15(19)21-10-12)22-11-13-7-5-6-8-20-13/h5-10H,11H2,1-4H3,(H2,19,21). The molecule has 6 nitrogen and oxygen atoms in total. The Labute approximate surface area is 142 Å². The molecule has 3 rings (SSSR count). The Kier molecular flexibility index (Phi) is 4.23. The molecule has 1 saturated heterocycles. The van der Waals surface area contributed by atoms with Gasteiger partial charge in [0.15, 0.2) is 11.6 Å². The lowest BCUT2D eigenvalue weighted by Gasteiger charge is -2.32. The first-order valence-electron chi connectivity index (χ1n) is 7.92. The van der Waals surface area contributed by atoms with E-state index in [0.717, 1.165) is 11.2 Å². The van der Waals surface area contributed by atoms with Gasteiger partial charge in [-0.15, -0.1) is 0 Å². The Bertz CT molecular complexity index is 706. The molecule has 0 unspecified atom stereocenters. The fourth-order valence-corrected chi connectivity index (χ4v) is 2.33. The summed E-state index contributed by atoms with van der Waals surface area (Å²) in [4.78, 5) is 8.43. The molecular formula is C17H22BN3O3. The Morgan fingerprint density at radius 1 is 1.12 bits per heavy atom. The minimum absolute atomic E-state index is 0.319. The van der Waals surface area contributed by atoms with Gasteiger partial charge in [-0.3, -0.25) is 4.98 Å². The van der Waals surface area contributed by atoms with Crippen molar-refractivity contribution in [2.24, 2.45) is 0 Å². The molecule has 2 aromatic heterocycles. The minimum Gasteiger partial charge on any atom is -0.483 e. The predicted octanol–water partition coefficient (Wildman–Crippen LogP) is 1.94. The van der Waals surface area contributed by atoms with Crippen molar-refractivity contribution >= 4 is 18.4 Å². The molecular weight excluding hydrogens is 305 g/mol. The molecule has 1 fully saturated rings. The molecule has 0 atom stereocenters. The zero-order chi connectivity index (χ0) is 17.4. The molecule has 0 spiro atoms. The van der Waals surface area contributed by atoms with Gasteiger partial charge in [-0.25, -0.2) is 4.98 Å². The highest BCUT2D eigenvalue weighted by atomic mass is 16.7. The summed E-state index contributed by atoms with van der Waals surface area (Å²) in [5, 5.41) is 0. The zero-order valence-electron chi connectivity index (χ0n) is 14.4. The highest BCUT2D eigenvalue weighted by Gasteiger charge is 2.51. The van der Waals surface area contributed by atoms with E-state index >= 15 is 0 Å². The third-order valence-electron chi connectivity index (χ3n) is 4.53. The average molecular weight is 327 g/mol. The molecule has 3 heterocycles. The number of anilines is 1. The maximum Gasteiger partial charge on any atom is 0.496 e. The van der Waals surface area contributed by atoms with Gasteiger partial charge in [0.25, 0.3) is 0 Å². The quantitative estimate of drug-likeness (QED) is 0.865. The maximum atomic E-state index is 6.04. The number of nitrogens with two attached hydrogens (primary N) is 1. The maximum absolute atomic E-state index is 6.04. The molecule has 0 radical (unpaired) electrons. The van der Waals surface area contributed by atoms with E-state index in [1.165, 1.54) is 0 Å². The number of rotatable bonds is 4. The summed E-state index contributed by atoms with van der Waals surface area (Å²) in [5.41, 5.74) is 6.70. The first-order chi connectivity index (χ1) is 11.3. The monoisotopic (exact) mass is 327 g/mol. The third kappa shape index (κ3) is 3.23. The van der Waals surface area contributed by atoms with Gasteiger partial charge in [-0.2, -0.15) is 0 Å². The molecule has 2 N–H and O–H groups in total. The van der Waals surface area contributed by atoms with Crippen LogP contribution in [0.1, 0.15) is 33.4 Å². The summed E-state index contributed by atoms with van der Waals surface area (Å²) in [6.45, 7) is 8.36. The van der Waals surface area contributed by atoms with Crippen LogP contribution in [0.2, 0.25) is 0 Å². The molecule has 0 aliphatic carbocycles. The molecule has 0 bridgehead atoms. The first kappa shape index (κ1) is 16.7. The van der Waals surface area contributed by atoms with E-state index < -0.39 is 18.3 Å². The van der Waals surface area contributed by atoms with Crippen molar-refractivity contribution < 1.29 is 14.0 Å². The van der Waals surface area contributed by atoms with E-state index in [2.05, 4.69) is 9.97 Å². The van der Waals surface area contributed by atoms with Crippen LogP contribution in [0, 0.1) is 0 Å². The van der Waals surface area contributed by atoms with Crippen LogP contribution in [-0.2, 0) is 15.9 Å². The first-order valence-corrected chi connectivity index (χ1v) is 7.92. The average Bonchev–Trinajstić information content (AvgIpc) is 2.75. The highest BCUT2D eigenvalue weighted by molar-refractivity contribution is 6.62. The van der Waals surface area contributed by atoms with Crippen LogP contribution >= 0.6 is 0 Å². The molecule has 126 valence electrons. The highest BCUT2D eigenvalue weighted by Crippen LogP contribution is 2.36.